The zero-order valence-corrected chi connectivity index (χ0v) is 17.1. The molecule has 4 unspecified atom stereocenters. The first-order valence-corrected chi connectivity index (χ1v) is 9.82. The van der Waals surface area contributed by atoms with Crippen molar-refractivity contribution >= 4 is 11.6 Å². The minimum absolute atomic E-state index is 0.202. The second kappa shape index (κ2) is 8.80. The Balaban J connectivity index is 1.84. The molecule has 0 amide bonds. The summed E-state index contributed by atoms with van der Waals surface area (Å²) in [5.74, 6) is -0.129. The van der Waals surface area contributed by atoms with Crippen molar-refractivity contribution in [2.45, 2.75) is 50.8 Å². The molecule has 1 heterocycles. The van der Waals surface area contributed by atoms with Crippen LogP contribution in [0.5, 0.6) is 5.75 Å². The number of rotatable bonds is 6. The Morgan fingerprint density at radius 1 is 1.18 bits per heavy atom. The fourth-order valence-electron chi connectivity index (χ4n) is 3.48. The zero-order chi connectivity index (χ0) is 20.3. The van der Waals surface area contributed by atoms with Crippen molar-refractivity contribution in [2.75, 3.05) is 13.7 Å². The van der Waals surface area contributed by atoms with Gasteiger partial charge >= 0.3 is 0 Å². The molecule has 0 radical (unpaired) electrons. The zero-order valence-electron chi connectivity index (χ0n) is 16.4. The van der Waals surface area contributed by atoms with E-state index in [2.05, 4.69) is 0 Å². The summed E-state index contributed by atoms with van der Waals surface area (Å²) in [7, 11) is 1.53. The summed E-state index contributed by atoms with van der Waals surface area (Å²) in [5, 5.41) is 21.4. The second-order valence-electron chi connectivity index (χ2n) is 7.24. The van der Waals surface area contributed by atoms with Crippen LogP contribution in [0.2, 0.25) is 5.02 Å². The second-order valence-corrected chi connectivity index (χ2v) is 7.65. The van der Waals surface area contributed by atoms with Gasteiger partial charge in [-0.3, -0.25) is 0 Å². The van der Waals surface area contributed by atoms with Crippen LogP contribution in [-0.4, -0.2) is 41.9 Å². The Morgan fingerprint density at radius 2 is 1.89 bits per heavy atom. The highest BCUT2D eigenvalue weighted by atomic mass is 35.5. The van der Waals surface area contributed by atoms with Crippen molar-refractivity contribution in [1.82, 2.24) is 0 Å². The van der Waals surface area contributed by atoms with E-state index in [4.69, 9.17) is 25.8 Å². The average Bonchev–Trinajstić information content (AvgIpc) is 2.68. The lowest BCUT2D eigenvalue weighted by Crippen LogP contribution is -2.50. The van der Waals surface area contributed by atoms with Gasteiger partial charge in [0.15, 0.2) is 5.79 Å². The third-order valence-electron chi connectivity index (χ3n) is 5.12. The van der Waals surface area contributed by atoms with Crippen LogP contribution in [0.1, 0.15) is 43.1 Å². The first-order valence-electron chi connectivity index (χ1n) is 9.44. The number of hydrogen-bond acceptors (Lipinski definition) is 5. The smallest absolute Gasteiger partial charge is 0.168 e. The number of halogens is 1. The van der Waals surface area contributed by atoms with Crippen molar-refractivity contribution in [1.29, 1.82) is 0 Å². The number of methoxy groups -OCH3 is 1. The maximum Gasteiger partial charge on any atom is 0.168 e. The summed E-state index contributed by atoms with van der Waals surface area (Å²) in [6.07, 6.45) is -1.85. The van der Waals surface area contributed by atoms with Crippen LogP contribution in [-0.2, 0) is 15.9 Å². The summed E-state index contributed by atoms with van der Waals surface area (Å²) in [6.45, 7) is 4.33. The summed E-state index contributed by atoms with van der Waals surface area (Å²) in [5.41, 5.74) is 2.76. The van der Waals surface area contributed by atoms with Gasteiger partial charge in [0.2, 0.25) is 0 Å². The molecule has 28 heavy (non-hydrogen) atoms. The topological polar surface area (TPSA) is 68.2 Å². The first-order chi connectivity index (χ1) is 13.3. The highest BCUT2D eigenvalue weighted by molar-refractivity contribution is 6.31. The van der Waals surface area contributed by atoms with Gasteiger partial charge in [-0.25, -0.2) is 0 Å². The van der Waals surface area contributed by atoms with Gasteiger partial charge in [0.05, 0.1) is 12.7 Å². The minimum Gasteiger partial charge on any atom is -0.494 e. The van der Waals surface area contributed by atoms with E-state index in [0.717, 1.165) is 22.4 Å². The molecule has 4 atom stereocenters. The molecular formula is C22H27ClO5. The van der Waals surface area contributed by atoms with Crippen LogP contribution < -0.4 is 4.74 Å². The predicted molar refractivity (Wildman–Crippen MR) is 108 cm³/mol. The van der Waals surface area contributed by atoms with Gasteiger partial charge in [-0.2, -0.15) is 0 Å². The van der Waals surface area contributed by atoms with Gasteiger partial charge in [0, 0.05) is 18.6 Å². The van der Waals surface area contributed by atoms with Gasteiger partial charge in [0.1, 0.15) is 18.0 Å². The van der Waals surface area contributed by atoms with Gasteiger partial charge in [-0.05, 0) is 55.2 Å². The number of hydrogen-bond donors (Lipinski definition) is 2. The molecule has 0 spiro atoms. The summed E-state index contributed by atoms with van der Waals surface area (Å²) in [4.78, 5) is 0. The van der Waals surface area contributed by atoms with Crippen molar-refractivity contribution in [3.8, 4) is 5.75 Å². The lowest BCUT2D eigenvalue weighted by molar-refractivity contribution is -0.304. The third-order valence-corrected chi connectivity index (χ3v) is 5.49. The molecule has 0 saturated carbocycles. The van der Waals surface area contributed by atoms with E-state index in [-0.39, 0.29) is 6.42 Å². The molecule has 1 aliphatic heterocycles. The Hall–Kier alpha value is -1.63. The standard InChI is InChI=1S/C22H27ClO5/c1-4-27-17-8-5-14(6-9-17)11-16-12-15(7-10-18(16)23)21-20(25)19(24)13-22(2,26-3)28-21/h5-10,12,19-21,24-25H,4,11,13H2,1-3H3. The van der Waals surface area contributed by atoms with E-state index in [1.54, 1.807) is 13.0 Å². The molecule has 152 valence electrons. The number of aliphatic hydroxyl groups excluding tert-OH is 2. The van der Waals surface area contributed by atoms with E-state index in [1.807, 2.05) is 43.3 Å². The molecule has 2 aromatic rings. The summed E-state index contributed by atoms with van der Waals surface area (Å²) >= 11 is 6.41. The normalized spacial score (nSPS) is 27.6. The molecule has 1 saturated heterocycles. The predicted octanol–water partition coefficient (Wildman–Crippen LogP) is 3.88. The lowest BCUT2D eigenvalue weighted by atomic mass is 9.90. The molecular weight excluding hydrogens is 380 g/mol. The van der Waals surface area contributed by atoms with E-state index < -0.39 is 24.1 Å². The van der Waals surface area contributed by atoms with Crippen LogP contribution in [0, 0.1) is 0 Å². The monoisotopic (exact) mass is 406 g/mol. The maximum absolute atomic E-state index is 10.5. The van der Waals surface area contributed by atoms with E-state index >= 15 is 0 Å². The molecule has 2 N–H and O–H groups in total. The van der Waals surface area contributed by atoms with Gasteiger partial charge < -0.3 is 24.4 Å². The van der Waals surface area contributed by atoms with E-state index in [1.165, 1.54) is 7.11 Å². The Morgan fingerprint density at radius 3 is 2.54 bits per heavy atom. The summed E-state index contributed by atoms with van der Waals surface area (Å²) in [6, 6.07) is 13.4. The van der Waals surface area contributed by atoms with Crippen molar-refractivity contribution in [3.63, 3.8) is 0 Å². The molecule has 0 aromatic heterocycles. The molecule has 5 nitrogen and oxygen atoms in total. The highest BCUT2D eigenvalue weighted by Gasteiger charge is 2.44. The number of benzene rings is 2. The van der Waals surface area contributed by atoms with E-state index in [9.17, 15) is 10.2 Å². The largest absolute Gasteiger partial charge is 0.494 e. The molecule has 1 aliphatic rings. The van der Waals surface area contributed by atoms with E-state index in [0.29, 0.717) is 18.1 Å². The Labute approximate surface area is 170 Å². The van der Waals surface area contributed by atoms with Crippen LogP contribution in [0.25, 0.3) is 0 Å². The Kier molecular flexibility index (Phi) is 6.63. The molecule has 0 bridgehead atoms. The molecule has 0 aliphatic carbocycles. The fourth-order valence-corrected chi connectivity index (χ4v) is 3.67. The maximum atomic E-state index is 10.5. The highest BCUT2D eigenvalue weighted by Crippen LogP contribution is 2.39. The van der Waals surface area contributed by atoms with Gasteiger partial charge in [-0.15, -0.1) is 0 Å². The third kappa shape index (κ3) is 4.67. The van der Waals surface area contributed by atoms with Crippen molar-refractivity contribution < 1.29 is 24.4 Å². The summed E-state index contributed by atoms with van der Waals surface area (Å²) < 4.78 is 16.9. The van der Waals surface area contributed by atoms with Gasteiger partial charge in [0.25, 0.3) is 0 Å². The van der Waals surface area contributed by atoms with Crippen molar-refractivity contribution in [3.05, 3.63) is 64.2 Å². The molecule has 6 heteroatoms. The number of aliphatic hydroxyl groups is 2. The molecule has 3 rings (SSSR count). The average molecular weight is 407 g/mol. The quantitative estimate of drug-likeness (QED) is 0.762. The first kappa shape index (κ1) is 21.1. The van der Waals surface area contributed by atoms with Crippen LogP contribution in [0.3, 0.4) is 0 Å². The molecule has 2 aromatic carbocycles. The lowest BCUT2D eigenvalue weighted by Gasteiger charge is -2.43. The Bertz CT molecular complexity index is 794. The SMILES string of the molecule is CCOc1ccc(Cc2cc(C3OC(C)(OC)CC(O)C3O)ccc2Cl)cc1. The minimum atomic E-state index is -1.04. The van der Waals surface area contributed by atoms with Crippen LogP contribution in [0.15, 0.2) is 42.5 Å². The van der Waals surface area contributed by atoms with Crippen molar-refractivity contribution in [2.24, 2.45) is 0 Å². The van der Waals surface area contributed by atoms with Crippen LogP contribution >= 0.6 is 11.6 Å². The fraction of sp³-hybridized carbons (Fsp3) is 0.455. The molecule has 1 fully saturated rings. The van der Waals surface area contributed by atoms with Gasteiger partial charge in [-0.1, -0.05) is 35.9 Å². The van der Waals surface area contributed by atoms with Crippen LogP contribution in [0.4, 0.5) is 0 Å². The number of ether oxygens (including phenoxy) is 3.